The van der Waals surface area contributed by atoms with Crippen molar-refractivity contribution in [2.24, 2.45) is 0 Å². The molecule has 0 bridgehead atoms. The maximum absolute atomic E-state index is 13.5. The standard InChI is InChI=1S/C22H26N2O4S/c1-12(2)15-8-7-9-16(13(3)4)20(15)24-21(25)17-11-10-14(5)19(18(17)22(24)26)23-29(6,27)28/h7-13,23H,1-6H3. The van der Waals surface area contributed by atoms with E-state index >= 15 is 0 Å². The van der Waals surface area contributed by atoms with Crippen molar-refractivity contribution < 1.29 is 18.0 Å². The second-order valence-corrected chi connectivity index (χ2v) is 9.84. The van der Waals surface area contributed by atoms with Gasteiger partial charge in [0.05, 0.1) is 28.8 Å². The summed E-state index contributed by atoms with van der Waals surface area (Å²) in [6, 6.07) is 9.03. The van der Waals surface area contributed by atoms with Gasteiger partial charge in [-0.1, -0.05) is 52.0 Å². The van der Waals surface area contributed by atoms with E-state index in [-0.39, 0.29) is 28.7 Å². The number of carbonyl (C=O) groups is 2. The summed E-state index contributed by atoms with van der Waals surface area (Å²) in [6.07, 6.45) is 1.02. The Labute approximate surface area is 172 Å². The van der Waals surface area contributed by atoms with Crippen LogP contribution in [0.2, 0.25) is 0 Å². The number of rotatable bonds is 5. The maximum atomic E-state index is 13.5. The number of fused-ring (bicyclic) bond motifs is 1. The van der Waals surface area contributed by atoms with E-state index in [1.807, 2.05) is 45.9 Å². The molecule has 0 spiro atoms. The number of benzene rings is 2. The van der Waals surface area contributed by atoms with Crippen molar-refractivity contribution in [1.29, 1.82) is 0 Å². The fourth-order valence-corrected chi connectivity index (χ4v) is 4.36. The van der Waals surface area contributed by atoms with Crippen LogP contribution in [0.15, 0.2) is 30.3 Å². The van der Waals surface area contributed by atoms with Crippen molar-refractivity contribution in [3.8, 4) is 0 Å². The Bertz CT molecular complexity index is 1090. The van der Waals surface area contributed by atoms with Crippen LogP contribution in [-0.2, 0) is 10.0 Å². The molecule has 0 radical (unpaired) electrons. The van der Waals surface area contributed by atoms with Gasteiger partial charge >= 0.3 is 0 Å². The summed E-state index contributed by atoms with van der Waals surface area (Å²) in [5, 5.41) is 0. The Balaban J connectivity index is 2.27. The molecule has 2 aromatic rings. The fraction of sp³-hybridized carbons (Fsp3) is 0.364. The molecule has 1 aliphatic heterocycles. The molecule has 1 heterocycles. The first-order valence-corrected chi connectivity index (χ1v) is 11.5. The molecule has 154 valence electrons. The molecule has 2 amide bonds. The molecule has 0 saturated carbocycles. The van der Waals surface area contributed by atoms with Gasteiger partial charge < -0.3 is 0 Å². The van der Waals surface area contributed by atoms with Gasteiger partial charge in [-0.25, -0.2) is 13.3 Å². The lowest BCUT2D eigenvalue weighted by Crippen LogP contribution is -2.32. The minimum absolute atomic E-state index is 0.100. The number of amides is 2. The zero-order valence-corrected chi connectivity index (χ0v) is 18.3. The molecular formula is C22H26N2O4S. The highest BCUT2D eigenvalue weighted by molar-refractivity contribution is 7.92. The second-order valence-electron chi connectivity index (χ2n) is 8.09. The van der Waals surface area contributed by atoms with Crippen LogP contribution >= 0.6 is 0 Å². The van der Waals surface area contributed by atoms with Gasteiger partial charge in [-0.2, -0.15) is 0 Å². The van der Waals surface area contributed by atoms with E-state index in [2.05, 4.69) is 4.72 Å². The number of nitrogens with zero attached hydrogens (tertiary/aromatic N) is 1. The van der Waals surface area contributed by atoms with Crippen LogP contribution in [0.3, 0.4) is 0 Å². The van der Waals surface area contributed by atoms with Crippen molar-refractivity contribution in [3.63, 3.8) is 0 Å². The molecule has 2 aromatic carbocycles. The van der Waals surface area contributed by atoms with Crippen LogP contribution in [-0.4, -0.2) is 26.5 Å². The summed E-state index contributed by atoms with van der Waals surface area (Å²) in [5.74, 6) is -0.738. The quantitative estimate of drug-likeness (QED) is 0.735. The highest BCUT2D eigenvalue weighted by atomic mass is 32.2. The first-order chi connectivity index (χ1) is 13.4. The molecule has 0 aliphatic carbocycles. The number of imide groups is 1. The minimum atomic E-state index is -3.62. The third kappa shape index (κ3) is 3.67. The van der Waals surface area contributed by atoms with Gasteiger partial charge in [0.25, 0.3) is 11.8 Å². The number of nitrogens with one attached hydrogen (secondary N) is 1. The highest BCUT2D eigenvalue weighted by Crippen LogP contribution is 2.41. The van der Waals surface area contributed by atoms with E-state index in [1.54, 1.807) is 19.1 Å². The number of hydrogen-bond acceptors (Lipinski definition) is 4. The van der Waals surface area contributed by atoms with Gasteiger partial charge in [-0.3, -0.25) is 14.3 Å². The zero-order valence-electron chi connectivity index (χ0n) is 17.5. The van der Waals surface area contributed by atoms with Crippen LogP contribution in [0.1, 0.15) is 76.9 Å². The van der Waals surface area contributed by atoms with Crippen LogP contribution in [0.25, 0.3) is 0 Å². The van der Waals surface area contributed by atoms with E-state index in [4.69, 9.17) is 0 Å². The Morgan fingerprint density at radius 1 is 0.897 bits per heavy atom. The normalized spacial score (nSPS) is 14.1. The van der Waals surface area contributed by atoms with Crippen molar-refractivity contribution in [3.05, 3.63) is 58.1 Å². The summed E-state index contributed by atoms with van der Waals surface area (Å²) >= 11 is 0. The average Bonchev–Trinajstić information content (AvgIpc) is 2.86. The number of para-hydroxylation sites is 1. The molecule has 0 unspecified atom stereocenters. The van der Waals surface area contributed by atoms with Crippen LogP contribution in [0.5, 0.6) is 0 Å². The summed E-state index contributed by atoms with van der Waals surface area (Å²) in [5.41, 5.74) is 3.47. The molecule has 0 atom stereocenters. The molecule has 1 aliphatic rings. The van der Waals surface area contributed by atoms with Gasteiger partial charge in [0, 0.05) is 0 Å². The van der Waals surface area contributed by atoms with E-state index < -0.39 is 21.8 Å². The van der Waals surface area contributed by atoms with Crippen molar-refractivity contribution in [2.75, 3.05) is 15.9 Å². The van der Waals surface area contributed by atoms with E-state index in [1.165, 1.54) is 4.90 Å². The summed E-state index contributed by atoms with van der Waals surface area (Å²) in [7, 11) is -3.62. The van der Waals surface area contributed by atoms with Gasteiger partial charge in [0.15, 0.2) is 0 Å². The lowest BCUT2D eigenvalue weighted by Gasteiger charge is -2.25. The topological polar surface area (TPSA) is 83.6 Å². The molecule has 6 nitrogen and oxygen atoms in total. The maximum Gasteiger partial charge on any atom is 0.268 e. The number of anilines is 2. The van der Waals surface area contributed by atoms with Crippen molar-refractivity contribution in [1.82, 2.24) is 0 Å². The molecule has 0 aromatic heterocycles. The summed E-state index contributed by atoms with van der Waals surface area (Å²) < 4.78 is 26.1. The van der Waals surface area contributed by atoms with Gasteiger partial charge in [0.2, 0.25) is 10.0 Å². The van der Waals surface area contributed by atoms with Crippen molar-refractivity contribution >= 4 is 33.2 Å². The average molecular weight is 415 g/mol. The molecule has 29 heavy (non-hydrogen) atoms. The lowest BCUT2D eigenvalue weighted by atomic mass is 9.92. The van der Waals surface area contributed by atoms with E-state index in [9.17, 15) is 18.0 Å². The fourth-order valence-electron chi connectivity index (χ4n) is 3.72. The Morgan fingerprint density at radius 3 is 1.93 bits per heavy atom. The molecule has 0 saturated heterocycles. The van der Waals surface area contributed by atoms with Gasteiger partial charge in [0.1, 0.15) is 0 Å². The van der Waals surface area contributed by atoms with Crippen LogP contribution < -0.4 is 9.62 Å². The number of carbonyl (C=O) groups excluding carboxylic acids is 2. The molecule has 3 rings (SSSR count). The smallest absolute Gasteiger partial charge is 0.268 e. The Kier molecular flexibility index (Phi) is 5.30. The SMILES string of the molecule is Cc1ccc2c(c1NS(C)(=O)=O)C(=O)N(c1c(C(C)C)cccc1C(C)C)C2=O. The predicted molar refractivity (Wildman–Crippen MR) is 115 cm³/mol. The Morgan fingerprint density at radius 2 is 1.45 bits per heavy atom. The second kappa shape index (κ2) is 7.30. The lowest BCUT2D eigenvalue weighted by molar-refractivity contribution is 0.0925. The largest absolute Gasteiger partial charge is 0.283 e. The number of sulfonamides is 1. The van der Waals surface area contributed by atoms with Crippen LogP contribution in [0.4, 0.5) is 11.4 Å². The monoisotopic (exact) mass is 414 g/mol. The van der Waals surface area contributed by atoms with E-state index in [0.29, 0.717) is 11.3 Å². The van der Waals surface area contributed by atoms with Crippen molar-refractivity contribution in [2.45, 2.75) is 46.5 Å². The van der Waals surface area contributed by atoms with E-state index in [0.717, 1.165) is 17.4 Å². The summed E-state index contributed by atoms with van der Waals surface area (Å²) in [4.78, 5) is 28.0. The first-order valence-electron chi connectivity index (χ1n) is 9.57. The predicted octanol–water partition coefficient (Wildman–Crippen LogP) is 4.41. The molecule has 1 N–H and O–H groups in total. The highest BCUT2D eigenvalue weighted by Gasteiger charge is 2.41. The first kappa shape index (κ1) is 21.0. The Hall–Kier alpha value is -2.67. The zero-order chi connectivity index (χ0) is 21.7. The van der Waals surface area contributed by atoms with Crippen LogP contribution in [0, 0.1) is 6.92 Å². The molecule has 7 heteroatoms. The third-order valence-electron chi connectivity index (χ3n) is 5.12. The molecule has 0 fully saturated rings. The van der Waals surface area contributed by atoms with Gasteiger partial charge in [-0.05, 0) is 41.5 Å². The van der Waals surface area contributed by atoms with Gasteiger partial charge in [-0.15, -0.1) is 0 Å². The molecular weight excluding hydrogens is 388 g/mol. The number of hydrogen-bond donors (Lipinski definition) is 1. The summed E-state index contributed by atoms with van der Waals surface area (Å²) in [6.45, 7) is 9.77. The number of aryl methyl sites for hydroxylation is 1. The minimum Gasteiger partial charge on any atom is -0.283 e. The third-order valence-corrected chi connectivity index (χ3v) is 5.69.